The van der Waals surface area contributed by atoms with Crippen LogP contribution < -0.4 is 0 Å². The maximum absolute atomic E-state index is 9.22. The minimum atomic E-state index is -0.209. The molecule has 0 aromatic heterocycles. The fourth-order valence-corrected chi connectivity index (χ4v) is 2.84. The van der Waals surface area contributed by atoms with Crippen LogP contribution >= 0.6 is 24.0 Å². The van der Waals surface area contributed by atoms with Crippen LogP contribution in [0, 0.1) is 0 Å². The van der Waals surface area contributed by atoms with Crippen molar-refractivity contribution in [1.82, 2.24) is 4.90 Å². The number of thioether (sulfide) groups is 1. The molecule has 13 heavy (non-hydrogen) atoms. The highest BCUT2D eigenvalue weighted by Crippen LogP contribution is 2.45. The van der Waals surface area contributed by atoms with Crippen molar-refractivity contribution in [2.24, 2.45) is 0 Å². The number of rotatable bonds is 3. The molecule has 0 heterocycles. The number of thiocarbonyl (C=S) groups is 1. The van der Waals surface area contributed by atoms with Crippen molar-refractivity contribution in [2.75, 3.05) is 13.1 Å². The van der Waals surface area contributed by atoms with E-state index in [0.717, 1.165) is 17.4 Å². The van der Waals surface area contributed by atoms with E-state index in [1.54, 1.807) is 11.8 Å². The molecular weight excluding hydrogens is 202 g/mol. The van der Waals surface area contributed by atoms with Crippen LogP contribution in [0.2, 0.25) is 0 Å². The van der Waals surface area contributed by atoms with E-state index in [1.807, 2.05) is 13.0 Å². The monoisotopic (exact) mass is 217 g/mol. The van der Waals surface area contributed by atoms with E-state index in [2.05, 4.69) is 18.7 Å². The Kier molecular flexibility index (Phi) is 3.24. The average molecular weight is 217 g/mol. The topological polar surface area (TPSA) is 23.5 Å². The fourth-order valence-electron chi connectivity index (χ4n) is 1.03. The van der Waals surface area contributed by atoms with Crippen LogP contribution in [0.3, 0.4) is 0 Å². The third-order valence-electron chi connectivity index (χ3n) is 2.16. The molecule has 0 amide bonds. The summed E-state index contributed by atoms with van der Waals surface area (Å²) in [7, 11) is 0. The molecule has 4 heteroatoms. The van der Waals surface area contributed by atoms with Gasteiger partial charge in [0.25, 0.3) is 0 Å². The molecule has 74 valence electrons. The zero-order valence-electron chi connectivity index (χ0n) is 8.20. The second-order valence-electron chi connectivity index (χ2n) is 3.18. The summed E-state index contributed by atoms with van der Waals surface area (Å²) in [6.07, 6.45) is 1.83. The van der Waals surface area contributed by atoms with Gasteiger partial charge in [0.1, 0.15) is 10.1 Å². The first-order valence-corrected chi connectivity index (χ1v) is 5.66. The molecule has 1 aliphatic rings. The van der Waals surface area contributed by atoms with Gasteiger partial charge in [-0.15, -0.1) is 0 Å². The van der Waals surface area contributed by atoms with Gasteiger partial charge in [0.05, 0.1) is 4.75 Å². The third kappa shape index (κ3) is 2.38. The van der Waals surface area contributed by atoms with Crippen molar-refractivity contribution in [2.45, 2.75) is 25.5 Å². The zero-order chi connectivity index (χ0) is 10.1. The molecule has 0 saturated heterocycles. The van der Waals surface area contributed by atoms with Gasteiger partial charge in [0.2, 0.25) is 0 Å². The SMILES string of the molecule is CCN(CC)C(=S)SC1(C)C=C1O. The van der Waals surface area contributed by atoms with E-state index in [0.29, 0.717) is 5.76 Å². The second-order valence-corrected chi connectivity index (χ2v) is 5.26. The first kappa shape index (κ1) is 10.9. The van der Waals surface area contributed by atoms with Gasteiger partial charge in [-0.25, -0.2) is 0 Å². The van der Waals surface area contributed by atoms with Gasteiger partial charge in [0, 0.05) is 13.1 Å². The molecule has 0 aliphatic heterocycles. The smallest absolute Gasteiger partial charge is 0.137 e. The van der Waals surface area contributed by atoms with Crippen molar-refractivity contribution >= 4 is 28.3 Å². The Morgan fingerprint density at radius 2 is 2.08 bits per heavy atom. The minimum absolute atomic E-state index is 0.209. The van der Waals surface area contributed by atoms with Crippen LogP contribution in [-0.2, 0) is 0 Å². The van der Waals surface area contributed by atoms with Crippen LogP contribution in [-0.4, -0.2) is 32.2 Å². The van der Waals surface area contributed by atoms with Crippen molar-refractivity contribution in [3.63, 3.8) is 0 Å². The van der Waals surface area contributed by atoms with Crippen molar-refractivity contribution in [1.29, 1.82) is 0 Å². The number of hydrogen-bond acceptors (Lipinski definition) is 3. The molecule has 1 unspecified atom stereocenters. The molecule has 2 nitrogen and oxygen atoms in total. The molecule has 1 aliphatic carbocycles. The van der Waals surface area contributed by atoms with E-state index in [9.17, 15) is 5.11 Å². The van der Waals surface area contributed by atoms with Gasteiger partial charge in [-0.3, -0.25) is 0 Å². The molecule has 0 aromatic rings. The molecule has 0 radical (unpaired) electrons. The van der Waals surface area contributed by atoms with Gasteiger partial charge in [0.15, 0.2) is 0 Å². The summed E-state index contributed by atoms with van der Waals surface area (Å²) in [5.41, 5.74) is 0. The summed E-state index contributed by atoms with van der Waals surface area (Å²) in [6.45, 7) is 8.00. The van der Waals surface area contributed by atoms with E-state index < -0.39 is 0 Å². The van der Waals surface area contributed by atoms with Crippen molar-refractivity contribution in [3.8, 4) is 0 Å². The lowest BCUT2D eigenvalue weighted by atomic mass is 10.4. The van der Waals surface area contributed by atoms with E-state index in [-0.39, 0.29) is 4.75 Å². The largest absolute Gasteiger partial charge is 0.511 e. The minimum Gasteiger partial charge on any atom is -0.511 e. The first-order valence-electron chi connectivity index (χ1n) is 4.43. The van der Waals surface area contributed by atoms with Crippen molar-refractivity contribution < 1.29 is 5.11 Å². The first-order chi connectivity index (χ1) is 6.03. The predicted molar refractivity (Wildman–Crippen MR) is 62.2 cm³/mol. The highest BCUT2D eigenvalue weighted by Gasteiger charge is 2.42. The summed E-state index contributed by atoms with van der Waals surface area (Å²) in [6, 6.07) is 0. The van der Waals surface area contributed by atoms with E-state index in [1.165, 1.54) is 0 Å². The zero-order valence-corrected chi connectivity index (χ0v) is 9.84. The summed E-state index contributed by atoms with van der Waals surface area (Å²) < 4.78 is 0.660. The summed E-state index contributed by atoms with van der Waals surface area (Å²) in [5.74, 6) is 0.451. The Morgan fingerprint density at radius 1 is 1.62 bits per heavy atom. The predicted octanol–water partition coefficient (Wildman–Crippen LogP) is 2.56. The highest BCUT2D eigenvalue weighted by atomic mass is 32.2. The van der Waals surface area contributed by atoms with Gasteiger partial charge >= 0.3 is 0 Å². The lowest BCUT2D eigenvalue weighted by molar-refractivity contribution is 0.422. The Hall–Kier alpha value is -0.220. The molecule has 0 fully saturated rings. The summed E-state index contributed by atoms with van der Waals surface area (Å²) in [5, 5.41) is 9.22. The lowest BCUT2D eigenvalue weighted by Gasteiger charge is -2.23. The molecule has 0 spiro atoms. The number of aliphatic hydroxyl groups excluding tert-OH is 1. The summed E-state index contributed by atoms with van der Waals surface area (Å²) >= 11 is 6.81. The Balaban J connectivity index is 2.42. The number of aliphatic hydroxyl groups is 1. The Bertz CT molecular complexity index is 248. The lowest BCUT2D eigenvalue weighted by Crippen LogP contribution is -2.28. The molecule has 1 atom stereocenters. The quantitative estimate of drug-likeness (QED) is 0.734. The van der Waals surface area contributed by atoms with Gasteiger partial charge in [-0.05, 0) is 26.8 Å². The maximum atomic E-state index is 9.22. The van der Waals surface area contributed by atoms with Gasteiger partial charge < -0.3 is 10.0 Å². The molecule has 0 aromatic carbocycles. The number of hydrogen-bond donors (Lipinski definition) is 1. The number of nitrogens with zero attached hydrogens (tertiary/aromatic N) is 1. The molecule has 0 saturated carbocycles. The van der Waals surface area contributed by atoms with Crippen LogP contribution in [0.15, 0.2) is 11.8 Å². The second kappa shape index (κ2) is 3.88. The third-order valence-corrected chi connectivity index (χ3v) is 3.85. The molecular formula is C9H15NOS2. The fraction of sp³-hybridized carbons (Fsp3) is 0.667. The van der Waals surface area contributed by atoms with Crippen LogP contribution in [0.4, 0.5) is 0 Å². The molecule has 0 bridgehead atoms. The van der Waals surface area contributed by atoms with Gasteiger partial charge in [-0.2, -0.15) is 0 Å². The highest BCUT2D eigenvalue weighted by molar-refractivity contribution is 8.24. The summed E-state index contributed by atoms with van der Waals surface area (Å²) in [4.78, 5) is 2.12. The van der Waals surface area contributed by atoms with E-state index in [4.69, 9.17) is 12.2 Å². The normalized spacial score (nSPS) is 25.3. The van der Waals surface area contributed by atoms with Crippen LogP contribution in [0.25, 0.3) is 0 Å². The maximum Gasteiger partial charge on any atom is 0.137 e. The van der Waals surface area contributed by atoms with Crippen molar-refractivity contribution in [3.05, 3.63) is 11.8 Å². The Labute approximate surface area is 89.0 Å². The van der Waals surface area contributed by atoms with E-state index >= 15 is 0 Å². The standard InChI is InChI=1S/C9H15NOS2/c1-4-10(5-2)8(12)13-9(3)6-7(9)11/h6,11H,4-5H2,1-3H3. The Morgan fingerprint density at radius 3 is 2.38 bits per heavy atom. The molecule has 1 N–H and O–H groups in total. The van der Waals surface area contributed by atoms with Gasteiger partial charge in [-0.1, -0.05) is 24.0 Å². The van der Waals surface area contributed by atoms with Crippen LogP contribution in [0.1, 0.15) is 20.8 Å². The molecule has 1 rings (SSSR count). The average Bonchev–Trinajstić information content (AvgIpc) is 2.61. The van der Waals surface area contributed by atoms with Crippen LogP contribution in [0.5, 0.6) is 0 Å².